The molecule has 0 saturated heterocycles. The van der Waals surface area contributed by atoms with Crippen molar-refractivity contribution >= 4 is 16.8 Å². The molecule has 0 aliphatic rings. The van der Waals surface area contributed by atoms with Crippen LogP contribution in [0.15, 0.2) is 54.6 Å². The van der Waals surface area contributed by atoms with Gasteiger partial charge in [-0.25, -0.2) is 0 Å². The molecule has 3 rings (SSSR count). The molecule has 5 nitrogen and oxygen atoms in total. The number of carbonyl (C=O) groups is 1. The average molecular weight is 309 g/mol. The molecule has 0 radical (unpaired) electrons. The molecule has 1 atom stereocenters. The van der Waals surface area contributed by atoms with Crippen molar-refractivity contribution in [3.63, 3.8) is 0 Å². The van der Waals surface area contributed by atoms with E-state index < -0.39 is 6.23 Å². The molecule has 1 aromatic heterocycles. The monoisotopic (exact) mass is 309 g/mol. The topological polar surface area (TPSA) is 57.0 Å². The SMILES string of the molecule is CCCCC(=O)C(Oc1ccccc1)n1nnc2ccccc21. The number of ketones is 1. The molecule has 0 amide bonds. The van der Waals surface area contributed by atoms with Crippen LogP contribution in [-0.4, -0.2) is 20.8 Å². The van der Waals surface area contributed by atoms with Crippen molar-refractivity contribution < 1.29 is 9.53 Å². The lowest BCUT2D eigenvalue weighted by Gasteiger charge is -2.18. The van der Waals surface area contributed by atoms with Gasteiger partial charge in [0.2, 0.25) is 0 Å². The number of unbranched alkanes of at least 4 members (excludes halogenated alkanes) is 1. The second-order valence-electron chi connectivity index (χ2n) is 5.38. The maximum atomic E-state index is 12.6. The molecule has 5 heteroatoms. The molecule has 0 fully saturated rings. The van der Waals surface area contributed by atoms with Crippen molar-refractivity contribution in [2.75, 3.05) is 0 Å². The summed E-state index contributed by atoms with van der Waals surface area (Å²) in [5.41, 5.74) is 1.54. The highest BCUT2D eigenvalue weighted by atomic mass is 16.5. The lowest BCUT2D eigenvalue weighted by Crippen LogP contribution is -2.26. The molecule has 0 spiro atoms. The Kier molecular flexibility index (Phi) is 4.66. The minimum atomic E-state index is -0.795. The molecule has 2 aromatic carbocycles. The standard InChI is InChI=1S/C18H19N3O2/c1-2-3-13-17(22)18(23-14-9-5-4-6-10-14)21-16-12-8-7-11-15(16)19-20-21/h4-12,18H,2-3,13H2,1H3. The van der Waals surface area contributed by atoms with Crippen LogP contribution in [0, 0.1) is 0 Å². The Morgan fingerprint density at radius 1 is 1.13 bits per heavy atom. The second kappa shape index (κ2) is 7.05. The van der Waals surface area contributed by atoms with E-state index in [-0.39, 0.29) is 5.78 Å². The third-order valence-electron chi connectivity index (χ3n) is 3.64. The molecular weight excluding hydrogens is 290 g/mol. The Morgan fingerprint density at radius 2 is 1.87 bits per heavy atom. The van der Waals surface area contributed by atoms with Gasteiger partial charge in [0.05, 0.1) is 5.52 Å². The van der Waals surface area contributed by atoms with Gasteiger partial charge in [0, 0.05) is 6.42 Å². The highest BCUT2D eigenvalue weighted by Crippen LogP contribution is 2.22. The maximum Gasteiger partial charge on any atom is 0.252 e. The van der Waals surface area contributed by atoms with Crippen LogP contribution >= 0.6 is 0 Å². The molecule has 1 heterocycles. The van der Waals surface area contributed by atoms with Gasteiger partial charge in [-0.3, -0.25) is 4.79 Å². The number of nitrogens with zero attached hydrogens (tertiary/aromatic N) is 3. The fraction of sp³-hybridized carbons (Fsp3) is 0.278. The fourth-order valence-corrected chi connectivity index (χ4v) is 2.41. The number of hydrogen-bond acceptors (Lipinski definition) is 4. The summed E-state index contributed by atoms with van der Waals surface area (Å²) in [5.74, 6) is 0.647. The first-order valence-electron chi connectivity index (χ1n) is 7.84. The van der Waals surface area contributed by atoms with Crippen LogP contribution in [0.1, 0.15) is 32.4 Å². The van der Waals surface area contributed by atoms with Gasteiger partial charge in [0.1, 0.15) is 11.3 Å². The summed E-state index contributed by atoms with van der Waals surface area (Å²) in [6.45, 7) is 2.06. The third kappa shape index (κ3) is 3.39. The summed E-state index contributed by atoms with van der Waals surface area (Å²) >= 11 is 0. The number of rotatable bonds is 7. The van der Waals surface area contributed by atoms with Gasteiger partial charge in [-0.2, -0.15) is 4.68 Å². The predicted octanol–water partition coefficient (Wildman–Crippen LogP) is 3.77. The van der Waals surface area contributed by atoms with Crippen LogP contribution in [0.3, 0.4) is 0 Å². The third-order valence-corrected chi connectivity index (χ3v) is 3.64. The van der Waals surface area contributed by atoms with Crippen molar-refractivity contribution in [1.82, 2.24) is 15.0 Å². The van der Waals surface area contributed by atoms with Gasteiger partial charge in [-0.1, -0.05) is 48.9 Å². The number of Topliss-reactive ketones (excluding diaryl/α,β-unsaturated/α-hetero) is 1. The van der Waals surface area contributed by atoms with E-state index in [4.69, 9.17) is 4.74 Å². The zero-order chi connectivity index (χ0) is 16.1. The average Bonchev–Trinajstić information content (AvgIpc) is 3.02. The van der Waals surface area contributed by atoms with Gasteiger partial charge in [0.15, 0.2) is 5.78 Å². The predicted molar refractivity (Wildman–Crippen MR) is 88.2 cm³/mol. The first-order valence-corrected chi connectivity index (χ1v) is 7.84. The molecular formula is C18H19N3O2. The van der Waals surface area contributed by atoms with Gasteiger partial charge in [0.25, 0.3) is 6.23 Å². The van der Waals surface area contributed by atoms with Crippen LogP contribution in [-0.2, 0) is 4.79 Å². The largest absolute Gasteiger partial charge is 0.461 e. The maximum absolute atomic E-state index is 12.6. The van der Waals surface area contributed by atoms with E-state index >= 15 is 0 Å². The molecule has 23 heavy (non-hydrogen) atoms. The molecule has 0 saturated carbocycles. The number of carbonyl (C=O) groups excluding carboxylic acids is 1. The summed E-state index contributed by atoms with van der Waals surface area (Å²) in [7, 11) is 0. The van der Waals surface area contributed by atoms with Gasteiger partial charge in [-0.05, 0) is 30.7 Å². The van der Waals surface area contributed by atoms with E-state index in [1.54, 1.807) is 4.68 Å². The zero-order valence-corrected chi connectivity index (χ0v) is 13.1. The van der Waals surface area contributed by atoms with Crippen molar-refractivity contribution in [3.05, 3.63) is 54.6 Å². The minimum absolute atomic E-state index is 0.00589. The van der Waals surface area contributed by atoms with Crippen LogP contribution < -0.4 is 4.74 Å². The number of hydrogen-bond donors (Lipinski definition) is 0. The Labute approximate surface area is 134 Å². The number of para-hydroxylation sites is 2. The van der Waals surface area contributed by atoms with E-state index in [1.165, 1.54) is 0 Å². The van der Waals surface area contributed by atoms with Crippen molar-refractivity contribution in [3.8, 4) is 5.75 Å². The molecule has 0 N–H and O–H groups in total. The zero-order valence-electron chi connectivity index (χ0n) is 13.1. The molecule has 118 valence electrons. The smallest absolute Gasteiger partial charge is 0.252 e. The van der Waals surface area contributed by atoms with Gasteiger partial charge < -0.3 is 4.74 Å². The number of aromatic nitrogens is 3. The fourth-order valence-electron chi connectivity index (χ4n) is 2.41. The Bertz CT molecular complexity index is 783. The second-order valence-corrected chi connectivity index (χ2v) is 5.38. The minimum Gasteiger partial charge on any atom is -0.461 e. The summed E-state index contributed by atoms with van der Waals surface area (Å²) in [6.07, 6.45) is 1.46. The molecule has 1 unspecified atom stereocenters. The van der Waals surface area contributed by atoms with Gasteiger partial charge >= 0.3 is 0 Å². The summed E-state index contributed by atoms with van der Waals surface area (Å²) < 4.78 is 7.51. The van der Waals surface area contributed by atoms with E-state index in [1.807, 2.05) is 54.6 Å². The Hall–Kier alpha value is -2.69. The van der Waals surface area contributed by atoms with E-state index in [2.05, 4.69) is 17.2 Å². The van der Waals surface area contributed by atoms with Crippen LogP contribution in [0.5, 0.6) is 5.75 Å². The quantitative estimate of drug-likeness (QED) is 0.666. The lowest BCUT2D eigenvalue weighted by molar-refractivity contribution is -0.130. The van der Waals surface area contributed by atoms with Crippen molar-refractivity contribution in [2.45, 2.75) is 32.4 Å². The van der Waals surface area contributed by atoms with Crippen LogP contribution in [0.25, 0.3) is 11.0 Å². The number of ether oxygens (including phenoxy) is 1. The molecule has 0 aliphatic heterocycles. The molecule has 3 aromatic rings. The normalized spacial score (nSPS) is 12.2. The summed E-state index contributed by atoms with van der Waals surface area (Å²) in [5, 5.41) is 8.27. The Morgan fingerprint density at radius 3 is 2.65 bits per heavy atom. The summed E-state index contributed by atoms with van der Waals surface area (Å²) in [6, 6.07) is 16.9. The van der Waals surface area contributed by atoms with Crippen LogP contribution in [0.2, 0.25) is 0 Å². The lowest BCUT2D eigenvalue weighted by atomic mass is 10.1. The number of benzene rings is 2. The van der Waals surface area contributed by atoms with Crippen LogP contribution in [0.4, 0.5) is 0 Å². The highest BCUT2D eigenvalue weighted by molar-refractivity contribution is 5.84. The van der Waals surface area contributed by atoms with Gasteiger partial charge in [-0.15, -0.1) is 5.10 Å². The molecule has 0 bridgehead atoms. The first kappa shape index (κ1) is 15.2. The Balaban J connectivity index is 1.95. The van der Waals surface area contributed by atoms with E-state index in [9.17, 15) is 4.79 Å². The van der Waals surface area contributed by atoms with E-state index in [0.29, 0.717) is 12.2 Å². The molecule has 0 aliphatic carbocycles. The summed E-state index contributed by atoms with van der Waals surface area (Å²) in [4.78, 5) is 12.6. The first-order chi connectivity index (χ1) is 11.3. The highest BCUT2D eigenvalue weighted by Gasteiger charge is 2.24. The van der Waals surface area contributed by atoms with E-state index in [0.717, 1.165) is 23.9 Å². The van der Waals surface area contributed by atoms with Crippen molar-refractivity contribution in [2.24, 2.45) is 0 Å². The van der Waals surface area contributed by atoms with Crippen molar-refractivity contribution in [1.29, 1.82) is 0 Å². The number of fused-ring (bicyclic) bond motifs is 1.